The zero-order valence-electron chi connectivity index (χ0n) is 13.1. The van der Waals surface area contributed by atoms with E-state index in [1.54, 1.807) is 6.92 Å². The molecule has 1 aromatic carbocycles. The standard InChI is InChI=1S/C17H25N3O2/c1-13(16(21)20-15-9-5-6-10-15)19-17(22)18-12-11-14-7-3-2-4-8-14/h2-4,7-8,13,15H,5-6,9-12H2,1H3,(H,20,21)(H2,18,19,22)/t13-/m0/s1. The number of nitrogens with one attached hydrogen (secondary N) is 3. The van der Waals surface area contributed by atoms with E-state index in [-0.39, 0.29) is 18.0 Å². The van der Waals surface area contributed by atoms with Gasteiger partial charge in [0.15, 0.2) is 0 Å². The Morgan fingerprint density at radius 2 is 1.86 bits per heavy atom. The van der Waals surface area contributed by atoms with Crippen LogP contribution in [0.15, 0.2) is 30.3 Å². The Morgan fingerprint density at radius 3 is 2.55 bits per heavy atom. The summed E-state index contributed by atoms with van der Waals surface area (Å²) < 4.78 is 0. The molecule has 0 aliphatic heterocycles. The van der Waals surface area contributed by atoms with Gasteiger partial charge >= 0.3 is 6.03 Å². The normalized spacial score (nSPS) is 16.0. The van der Waals surface area contributed by atoms with Gasteiger partial charge in [-0.2, -0.15) is 0 Å². The van der Waals surface area contributed by atoms with Crippen molar-refractivity contribution >= 4 is 11.9 Å². The maximum Gasteiger partial charge on any atom is 0.315 e. The summed E-state index contributed by atoms with van der Waals surface area (Å²) in [6, 6.07) is 9.43. The van der Waals surface area contributed by atoms with E-state index in [1.807, 2.05) is 30.3 Å². The summed E-state index contributed by atoms with van der Waals surface area (Å²) in [7, 11) is 0. The average molecular weight is 303 g/mol. The second-order valence-corrected chi connectivity index (χ2v) is 5.85. The Labute approximate surface area is 131 Å². The number of amides is 3. The van der Waals surface area contributed by atoms with Crippen molar-refractivity contribution in [2.45, 2.75) is 51.1 Å². The maximum absolute atomic E-state index is 12.0. The first-order valence-electron chi connectivity index (χ1n) is 8.04. The van der Waals surface area contributed by atoms with E-state index < -0.39 is 6.04 Å². The topological polar surface area (TPSA) is 70.2 Å². The first-order chi connectivity index (χ1) is 10.6. The van der Waals surface area contributed by atoms with Gasteiger partial charge < -0.3 is 16.0 Å². The predicted octanol–water partition coefficient (Wildman–Crippen LogP) is 1.98. The molecule has 1 aliphatic carbocycles. The van der Waals surface area contributed by atoms with Crippen molar-refractivity contribution in [1.29, 1.82) is 0 Å². The van der Waals surface area contributed by atoms with Crippen LogP contribution in [0.2, 0.25) is 0 Å². The van der Waals surface area contributed by atoms with E-state index in [0.717, 1.165) is 19.3 Å². The Kier molecular flexibility index (Phi) is 6.25. The van der Waals surface area contributed by atoms with Crippen LogP contribution in [0.25, 0.3) is 0 Å². The lowest BCUT2D eigenvalue weighted by Gasteiger charge is -2.18. The molecule has 1 atom stereocenters. The fraction of sp³-hybridized carbons (Fsp3) is 0.529. The molecule has 0 saturated heterocycles. The molecule has 3 N–H and O–H groups in total. The van der Waals surface area contributed by atoms with Gasteiger partial charge in [-0.25, -0.2) is 4.79 Å². The van der Waals surface area contributed by atoms with Gasteiger partial charge in [0.1, 0.15) is 6.04 Å². The summed E-state index contributed by atoms with van der Waals surface area (Å²) in [6.45, 7) is 2.26. The highest BCUT2D eigenvalue weighted by Crippen LogP contribution is 2.17. The summed E-state index contributed by atoms with van der Waals surface area (Å²) in [5.74, 6) is -0.106. The van der Waals surface area contributed by atoms with Crippen LogP contribution in [0.5, 0.6) is 0 Å². The molecule has 5 nitrogen and oxygen atoms in total. The molecule has 0 bridgehead atoms. The lowest BCUT2D eigenvalue weighted by molar-refractivity contribution is -0.123. The molecule has 0 unspecified atom stereocenters. The van der Waals surface area contributed by atoms with E-state index in [0.29, 0.717) is 6.54 Å². The van der Waals surface area contributed by atoms with E-state index in [9.17, 15) is 9.59 Å². The molecule has 1 fully saturated rings. The van der Waals surface area contributed by atoms with Gasteiger partial charge in [-0.15, -0.1) is 0 Å². The zero-order valence-corrected chi connectivity index (χ0v) is 13.1. The number of urea groups is 1. The number of carbonyl (C=O) groups excluding carboxylic acids is 2. The summed E-state index contributed by atoms with van der Waals surface area (Å²) in [4.78, 5) is 23.8. The van der Waals surface area contributed by atoms with Crippen LogP contribution in [0.1, 0.15) is 38.2 Å². The second kappa shape index (κ2) is 8.41. The van der Waals surface area contributed by atoms with Crippen LogP contribution in [0, 0.1) is 0 Å². The quantitative estimate of drug-likeness (QED) is 0.752. The number of hydrogen-bond donors (Lipinski definition) is 3. The van der Waals surface area contributed by atoms with Gasteiger partial charge in [-0.3, -0.25) is 4.79 Å². The van der Waals surface area contributed by atoms with E-state index in [1.165, 1.54) is 18.4 Å². The predicted molar refractivity (Wildman–Crippen MR) is 86.5 cm³/mol. The third-order valence-electron chi connectivity index (χ3n) is 3.98. The van der Waals surface area contributed by atoms with Crippen LogP contribution in [0.3, 0.4) is 0 Å². The molecule has 0 aromatic heterocycles. The highest BCUT2D eigenvalue weighted by Gasteiger charge is 2.21. The lowest BCUT2D eigenvalue weighted by atomic mass is 10.1. The molecular weight excluding hydrogens is 278 g/mol. The van der Waals surface area contributed by atoms with Crippen LogP contribution >= 0.6 is 0 Å². The molecule has 1 aromatic rings. The Balaban J connectivity index is 1.64. The monoisotopic (exact) mass is 303 g/mol. The first-order valence-corrected chi connectivity index (χ1v) is 8.04. The Bertz CT molecular complexity index is 484. The summed E-state index contributed by atoms with van der Waals surface area (Å²) >= 11 is 0. The van der Waals surface area contributed by atoms with Gasteiger partial charge in [0, 0.05) is 12.6 Å². The SMILES string of the molecule is C[C@H](NC(=O)NCCc1ccccc1)C(=O)NC1CCCC1. The van der Waals surface area contributed by atoms with Crippen molar-refractivity contribution in [1.82, 2.24) is 16.0 Å². The zero-order chi connectivity index (χ0) is 15.8. The van der Waals surface area contributed by atoms with E-state index in [2.05, 4.69) is 16.0 Å². The number of hydrogen-bond acceptors (Lipinski definition) is 2. The highest BCUT2D eigenvalue weighted by molar-refractivity contribution is 5.86. The van der Waals surface area contributed by atoms with Gasteiger partial charge in [-0.1, -0.05) is 43.2 Å². The Morgan fingerprint density at radius 1 is 1.18 bits per heavy atom. The number of benzene rings is 1. The minimum Gasteiger partial charge on any atom is -0.352 e. The molecule has 5 heteroatoms. The minimum absolute atomic E-state index is 0.106. The van der Waals surface area contributed by atoms with Crippen LogP contribution in [-0.4, -0.2) is 30.6 Å². The van der Waals surface area contributed by atoms with E-state index in [4.69, 9.17) is 0 Å². The van der Waals surface area contributed by atoms with Crippen molar-refractivity contribution in [3.05, 3.63) is 35.9 Å². The summed E-state index contributed by atoms with van der Waals surface area (Å²) in [5.41, 5.74) is 1.18. The molecule has 22 heavy (non-hydrogen) atoms. The fourth-order valence-electron chi connectivity index (χ4n) is 2.67. The van der Waals surface area contributed by atoms with Crippen molar-refractivity contribution in [3.63, 3.8) is 0 Å². The molecular formula is C17H25N3O2. The fourth-order valence-corrected chi connectivity index (χ4v) is 2.67. The molecule has 120 valence electrons. The van der Waals surface area contributed by atoms with Crippen molar-refractivity contribution in [2.75, 3.05) is 6.54 Å². The minimum atomic E-state index is -0.516. The smallest absolute Gasteiger partial charge is 0.315 e. The molecule has 0 heterocycles. The second-order valence-electron chi connectivity index (χ2n) is 5.85. The van der Waals surface area contributed by atoms with Crippen LogP contribution in [-0.2, 0) is 11.2 Å². The lowest BCUT2D eigenvalue weighted by Crippen LogP contribution is -2.50. The molecule has 0 spiro atoms. The van der Waals surface area contributed by atoms with Crippen molar-refractivity contribution < 1.29 is 9.59 Å². The molecule has 2 rings (SSSR count). The summed E-state index contributed by atoms with van der Waals surface area (Å²) in [6.07, 6.45) is 5.21. The van der Waals surface area contributed by atoms with Crippen LogP contribution < -0.4 is 16.0 Å². The van der Waals surface area contributed by atoms with Crippen molar-refractivity contribution in [2.24, 2.45) is 0 Å². The highest BCUT2D eigenvalue weighted by atomic mass is 16.2. The van der Waals surface area contributed by atoms with Gasteiger partial charge in [0.2, 0.25) is 5.91 Å². The summed E-state index contributed by atoms with van der Waals surface area (Å²) in [5, 5.41) is 8.44. The molecule has 1 aliphatic rings. The molecule has 3 amide bonds. The van der Waals surface area contributed by atoms with E-state index >= 15 is 0 Å². The Hall–Kier alpha value is -2.04. The van der Waals surface area contributed by atoms with Crippen molar-refractivity contribution in [3.8, 4) is 0 Å². The molecule has 0 radical (unpaired) electrons. The van der Waals surface area contributed by atoms with Gasteiger partial charge in [0.25, 0.3) is 0 Å². The third-order valence-corrected chi connectivity index (χ3v) is 3.98. The largest absolute Gasteiger partial charge is 0.352 e. The average Bonchev–Trinajstić information content (AvgIpc) is 3.01. The van der Waals surface area contributed by atoms with Gasteiger partial charge in [0.05, 0.1) is 0 Å². The molecule has 1 saturated carbocycles. The number of rotatable bonds is 6. The third kappa shape index (κ3) is 5.39. The number of carbonyl (C=O) groups is 2. The van der Waals surface area contributed by atoms with Crippen LogP contribution in [0.4, 0.5) is 4.79 Å². The van der Waals surface area contributed by atoms with Gasteiger partial charge in [-0.05, 0) is 31.7 Å². The first kappa shape index (κ1) is 16.3. The maximum atomic E-state index is 12.0.